The van der Waals surface area contributed by atoms with Crippen molar-refractivity contribution < 1.29 is 14.2 Å². The van der Waals surface area contributed by atoms with Gasteiger partial charge in [-0.3, -0.25) is 4.99 Å². The van der Waals surface area contributed by atoms with Gasteiger partial charge in [-0.05, 0) is 12.3 Å². The van der Waals surface area contributed by atoms with E-state index in [1.165, 1.54) is 0 Å². The SMILES string of the molecule is CCNC(=NCC(OC)C(C)(C)C)NCCOCCOC.I. The number of guanidine groups is 1. The van der Waals surface area contributed by atoms with Gasteiger partial charge in [-0.25, -0.2) is 0 Å². The van der Waals surface area contributed by atoms with E-state index in [4.69, 9.17) is 14.2 Å². The van der Waals surface area contributed by atoms with Gasteiger partial charge in [0, 0.05) is 27.3 Å². The average molecular weight is 431 g/mol. The lowest BCUT2D eigenvalue weighted by atomic mass is 9.89. The van der Waals surface area contributed by atoms with Gasteiger partial charge in [-0.2, -0.15) is 0 Å². The fraction of sp³-hybridized carbons (Fsp3) is 0.933. The lowest BCUT2D eigenvalue weighted by Gasteiger charge is -2.28. The first-order valence-electron chi connectivity index (χ1n) is 7.57. The van der Waals surface area contributed by atoms with Crippen LogP contribution in [-0.4, -0.2) is 65.7 Å². The van der Waals surface area contributed by atoms with Crippen molar-refractivity contribution in [2.24, 2.45) is 10.4 Å². The molecule has 0 aliphatic rings. The highest BCUT2D eigenvalue weighted by Gasteiger charge is 2.23. The molecule has 0 saturated heterocycles. The molecular weight excluding hydrogens is 397 g/mol. The van der Waals surface area contributed by atoms with Crippen molar-refractivity contribution in [1.29, 1.82) is 0 Å². The fourth-order valence-corrected chi connectivity index (χ4v) is 1.70. The standard InChI is InChI=1S/C15H33N3O3.HI/c1-7-16-14(17-8-9-21-11-10-19-5)18-12-13(20-6)15(2,3)4;/h13H,7-12H2,1-6H3,(H2,16,17,18);1H. The summed E-state index contributed by atoms with van der Waals surface area (Å²) < 4.78 is 15.8. The van der Waals surface area contributed by atoms with Gasteiger partial charge in [-0.15, -0.1) is 24.0 Å². The van der Waals surface area contributed by atoms with Crippen LogP contribution in [0.15, 0.2) is 4.99 Å². The summed E-state index contributed by atoms with van der Waals surface area (Å²) in [4.78, 5) is 4.57. The zero-order valence-electron chi connectivity index (χ0n) is 14.9. The summed E-state index contributed by atoms with van der Waals surface area (Å²) in [6.07, 6.45) is 0.0888. The predicted molar refractivity (Wildman–Crippen MR) is 102 cm³/mol. The molecule has 134 valence electrons. The number of halogens is 1. The van der Waals surface area contributed by atoms with Gasteiger partial charge in [0.2, 0.25) is 0 Å². The molecule has 1 atom stereocenters. The topological polar surface area (TPSA) is 64.1 Å². The number of ether oxygens (including phenoxy) is 3. The maximum atomic E-state index is 5.51. The third-order valence-electron chi connectivity index (χ3n) is 2.98. The largest absolute Gasteiger partial charge is 0.382 e. The van der Waals surface area contributed by atoms with Crippen LogP contribution in [0.1, 0.15) is 27.7 Å². The van der Waals surface area contributed by atoms with Gasteiger partial charge in [-0.1, -0.05) is 20.8 Å². The Kier molecular flexibility index (Phi) is 15.9. The highest BCUT2D eigenvalue weighted by Crippen LogP contribution is 2.21. The van der Waals surface area contributed by atoms with Crippen molar-refractivity contribution in [3.63, 3.8) is 0 Å². The summed E-state index contributed by atoms with van der Waals surface area (Å²) in [7, 11) is 3.40. The van der Waals surface area contributed by atoms with E-state index < -0.39 is 0 Å². The zero-order valence-corrected chi connectivity index (χ0v) is 17.2. The lowest BCUT2D eigenvalue weighted by molar-refractivity contribution is 0.0241. The highest BCUT2D eigenvalue weighted by atomic mass is 127. The van der Waals surface area contributed by atoms with Gasteiger partial charge in [0.15, 0.2) is 5.96 Å². The van der Waals surface area contributed by atoms with Crippen LogP contribution in [-0.2, 0) is 14.2 Å². The summed E-state index contributed by atoms with van der Waals surface area (Å²) in [6, 6.07) is 0. The van der Waals surface area contributed by atoms with E-state index in [9.17, 15) is 0 Å². The van der Waals surface area contributed by atoms with Crippen LogP contribution in [0.25, 0.3) is 0 Å². The van der Waals surface area contributed by atoms with Crippen molar-refractivity contribution >= 4 is 29.9 Å². The molecule has 1 unspecified atom stereocenters. The molecule has 0 aliphatic heterocycles. The quantitative estimate of drug-likeness (QED) is 0.239. The molecule has 0 aliphatic carbocycles. The van der Waals surface area contributed by atoms with Crippen LogP contribution in [0, 0.1) is 5.41 Å². The maximum Gasteiger partial charge on any atom is 0.191 e. The van der Waals surface area contributed by atoms with Crippen LogP contribution in [0.3, 0.4) is 0 Å². The third-order valence-corrected chi connectivity index (χ3v) is 2.98. The summed E-state index contributed by atoms with van der Waals surface area (Å²) in [5, 5.41) is 6.46. The Morgan fingerprint density at radius 3 is 2.27 bits per heavy atom. The van der Waals surface area contributed by atoms with Crippen LogP contribution >= 0.6 is 24.0 Å². The van der Waals surface area contributed by atoms with Gasteiger partial charge in [0.25, 0.3) is 0 Å². The molecule has 0 bridgehead atoms. The molecule has 0 aromatic heterocycles. The molecule has 7 heteroatoms. The zero-order chi connectivity index (χ0) is 16.1. The second kappa shape index (κ2) is 14.5. The molecule has 2 N–H and O–H groups in total. The number of hydrogen-bond acceptors (Lipinski definition) is 4. The predicted octanol–water partition coefficient (Wildman–Crippen LogP) is 1.88. The minimum Gasteiger partial charge on any atom is -0.382 e. The Labute approximate surface area is 152 Å². The van der Waals surface area contributed by atoms with Crippen LogP contribution in [0.2, 0.25) is 0 Å². The summed E-state index contributed by atoms with van der Waals surface area (Å²) in [5.41, 5.74) is 0.0683. The van der Waals surface area contributed by atoms with Crippen molar-refractivity contribution in [1.82, 2.24) is 10.6 Å². The minimum absolute atomic E-state index is 0. The molecule has 0 heterocycles. The van der Waals surface area contributed by atoms with Crippen molar-refractivity contribution in [2.75, 3.05) is 53.7 Å². The second-order valence-electron chi connectivity index (χ2n) is 5.84. The molecule has 6 nitrogen and oxygen atoms in total. The first-order valence-corrected chi connectivity index (χ1v) is 7.57. The van der Waals surface area contributed by atoms with Gasteiger partial charge in [0.1, 0.15) is 0 Å². The molecular formula is C15H34IN3O3. The molecule has 0 amide bonds. The summed E-state index contributed by atoms with van der Waals surface area (Å²) >= 11 is 0. The smallest absolute Gasteiger partial charge is 0.191 e. The Balaban J connectivity index is 0. The third kappa shape index (κ3) is 12.4. The van der Waals surface area contributed by atoms with E-state index in [2.05, 4.69) is 36.4 Å². The molecule has 0 spiro atoms. The Morgan fingerprint density at radius 2 is 1.77 bits per heavy atom. The van der Waals surface area contributed by atoms with Crippen molar-refractivity contribution in [3.05, 3.63) is 0 Å². The molecule has 0 aromatic rings. The van der Waals surface area contributed by atoms with Gasteiger partial charge in [0.05, 0.1) is 32.5 Å². The lowest BCUT2D eigenvalue weighted by Crippen LogP contribution is -2.40. The van der Waals surface area contributed by atoms with E-state index >= 15 is 0 Å². The number of nitrogens with zero attached hydrogens (tertiary/aromatic N) is 1. The summed E-state index contributed by atoms with van der Waals surface area (Å²) in [6.45, 7) is 12.5. The monoisotopic (exact) mass is 431 g/mol. The Morgan fingerprint density at radius 1 is 1.09 bits per heavy atom. The Bertz CT molecular complexity index is 284. The number of hydrogen-bond donors (Lipinski definition) is 2. The van der Waals surface area contributed by atoms with E-state index in [-0.39, 0.29) is 35.5 Å². The number of methoxy groups -OCH3 is 2. The molecule has 0 aromatic carbocycles. The highest BCUT2D eigenvalue weighted by molar-refractivity contribution is 14.0. The van der Waals surface area contributed by atoms with Gasteiger partial charge < -0.3 is 24.8 Å². The average Bonchev–Trinajstić information content (AvgIpc) is 2.41. The molecule has 0 fully saturated rings. The normalized spacial score (nSPS) is 13.5. The molecule has 0 radical (unpaired) electrons. The first kappa shape index (κ1) is 24.1. The van der Waals surface area contributed by atoms with Crippen molar-refractivity contribution in [2.45, 2.75) is 33.8 Å². The van der Waals surface area contributed by atoms with Crippen LogP contribution < -0.4 is 10.6 Å². The number of aliphatic imine (C=N–C) groups is 1. The first-order chi connectivity index (χ1) is 9.95. The van der Waals surface area contributed by atoms with E-state index in [0.29, 0.717) is 32.9 Å². The van der Waals surface area contributed by atoms with E-state index in [1.807, 2.05) is 6.92 Å². The molecule has 0 rings (SSSR count). The maximum absolute atomic E-state index is 5.51. The van der Waals surface area contributed by atoms with Crippen molar-refractivity contribution in [3.8, 4) is 0 Å². The molecule has 22 heavy (non-hydrogen) atoms. The van der Waals surface area contributed by atoms with Crippen LogP contribution in [0.4, 0.5) is 0 Å². The van der Waals surface area contributed by atoms with Gasteiger partial charge >= 0.3 is 0 Å². The van der Waals surface area contributed by atoms with E-state index in [1.54, 1.807) is 14.2 Å². The van der Waals surface area contributed by atoms with E-state index in [0.717, 1.165) is 12.5 Å². The van der Waals surface area contributed by atoms with Crippen LogP contribution in [0.5, 0.6) is 0 Å². The summed E-state index contributed by atoms with van der Waals surface area (Å²) in [5.74, 6) is 0.791. The Hall–Kier alpha value is -0.120. The molecule has 0 saturated carbocycles. The number of nitrogens with one attached hydrogen (secondary N) is 2. The number of rotatable bonds is 10. The fourth-order valence-electron chi connectivity index (χ4n) is 1.70. The second-order valence-corrected chi connectivity index (χ2v) is 5.84. The minimum atomic E-state index is 0.